The molecule has 0 aliphatic heterocycles. The van der Waals surface area contributed by atoms with Gasteiger partial charge in [-0.1, -0.05) is 0 Å². The minimum atomic E-state index is -3.84. The zero-order valence-corrected chi connectivity index (χ0v) is 15.7. The van der Waals surface area contributed by atoms with Crippen LogP contribution < -0.4 is 10.0 Å². The van der Waals surface area contributed by atoms with Crippen LogP contribution in [0.4, 0.5) is 11.6 Å². The predicted octanol–water partition coefficient (Wildman–Crippen LogP) is 1.38. The van der Waals surface area contributed by atoms with Crippen LogP contribution in [-0.4, -0.2) is 39.0 Å². The third-order valence-electron chi connectivity index (χ3n) is 3.46. The molecule has 3 rings (SSSR count). The fourth-order valence-electron chi connectivity index (χ4n) is 2.26. The van der Waals surface area contributed by atoms with Crippen LogP contribution in [0, 0.1) is 25.2 Å². The van der Waals surface area contributed by atoms with Gasteiger partial charge in [-0.15, -0.1) is 10.2 Å². The van der Waals surface area contributed by atoms with Crippen molar-refractivity contribution in [1.82, 2.24) is 30.6 Å². The van der Waals surface area contributed by atoms with Crippen molar-refractivity contribution in [3.8, 4) is 6.07 Å². The van der Waals surface area contributed by atoms with Crippen LogP contribution in [0.15, 0.2) is 41.4 Å². The third kappa shape index (κ3) is 4.46. The third-order valence-corrected chi connectivity index (χ3v) is 4.81. The summed E-state index contributed by atoms with van der Waals surface area (Å²) in [7, 11) is -3.84. The van der Waals surface area contributed by atoms with Crippen LogP contribution >= 0.6 is 0 Å². The number of aromatic nitrogens is 6. The summed E-state index contributed by atoms with van der Waals surface area (Å²) < 4.78 is 27.4. The van der Waals surface area contributed by atoms with E-state index in [1.54, 1.807) is 32.0 Å². The molecule has 142 valence electrons. The van der Waals surface area contributed by atoms with Gasteiger partial charge in [-0.2, -0.15) is 10.5 Å². The highest BCUT2D eigenvalue weighted by molar-refractivity contribution is 7.92. The number of rotatable bonds is 6. The molecule has 0 aliphatic carbocycles. The van der Waals surface area contributed by atoms with E-state index in [2.05, 4.69) is 40.6 Å². The molecule has 0 radical (unpaired) electrons. The molecule has 0 spiro atoms. The van der Waals surface area contributed by atoms with E-state index in [4.69, 9.17) is 5.26 Å². The fraction of sp³-hybridized carbons (Fsp3) is 0.125. The fourth-order valence-corrected chi connectivity index (χ4v) is 3.20. The molecule has 0 unspecified atom stereocenters. The number of hydrogen-bond acceptors (Lipinski definition) is 9. The molecular formula is C16H15N9O2S. The molecule has 12 heteroatoms. The highest BCUT2D eigenvalue weighted by Gasteiger charge is 2.16. The van der Waals surface area contributed by atoms with E-state index in [0.29, 0.717) is 17.1 Å². The first-order valence-electron chi connectivity index (χ1n) is 7.93. The summed E-state index contributed by atoms with van der Waals surface area (Å²) in [5.41, 5.74) is 2.05. The number of nitrogens with zero attached hydrogens (tertiary/aromatic N) is 6. The van der Waals surface area contributed by atoms with E-state index in [1.165, 1.54) is 18.3 Å². The topological polar surface area (TPSA) is 162 Å². The molecule has 1 aromatic carbocycles. The maximum absolute atomic E-state index is 12.5. The van der Waals surface area contributed by atoms with Gasteiger partial charge in [0.1, 0.15) is 11.6 Å². The zero-order chi connectivity index (χ0) is 20.1. The molecular weight excluding hydrogens is 382 g/mol. The van der Waals surface area contributed by atoms with Gasteiger partial charge in [-0.25, -0.2) is 23.1 Å². The zero-order valence-electron chi connectivity index (χ0n) is 14.9. The Balaban J connectivity index is 1.75. The van der Waals surface area contributed by atoms with E-state index in [9.17, 15) is 8.42 Å². The summed E-state index contributed by atoms with van der Waals surface area (Å²) in [6, 6.07) is 9.63. The Kier molecular flexibility index (Phi) is 5.28. The minimum absolute atomic E-state index is 0.0152. The summed E-state index contributed by atoms with van der Waals surface area (Å²) in [5.74, 6) is 0.160. The van der Waals surface area contributed by atoms with E-state index < -0.39 is 10.0 Å². The Morgan fingerprint density at radius 2 is 1.86 bits per heavy atom. The van der Waals surface area contributed by atoms with Gasteiger partial charge < -0.3 is 5.32 Å². The van der Waals surface area contributed by atoms with Crippen LogP contribution in [0.3, 0.4) is 0 Å². The van der Waals surface area contributed by atoms with Gasteiger partial charge in [-0.3, -0.25) is 0 Å². The maximum Gasteiger partial charge on any atom is 0.264 e. The summed E-state index contributed by atoms with van der Waals surface area (Å²) in [4.78, 5) is 8.19. The number of aryl methyl sites for hydroxylation is 2. The van der Waals surface area contributed by atoms with E-state index >= 15 is 0 Å². The molecule has 0 aliphatic rings. The lowest BCUT2D eigenvalue weighted by Crippen LogP contribution is -2.15. The van der Waals surface area contributed by atoms with Crippen LogP contribution in [0.2, 0.25) is 0 Å². The number of nitriles is 1. The first kappa shape index (κ1) is 18.9. The Hall–Kier alpha value is -3.85. The lowest BCUT2D eigenvalue weighted by atomic mass is 10.3. The van der Waals surface area contributed by atoms with Crippen molar-refractivity contribution in [2.45, 2.75) is 18.7 Å². The molecule has 0 saturated heterocycles. The molecule has 0 saturated carbocycles. The largest absolute Gasteiger partial charge is 0.360 e. The number of tetrazole rings is 1. The van der Waals surface area contributed by atoms with Crippen molar-refractivity contribution in [1.29, 1.82) is 5.26 Å². The molecule has 11 nitrogen and oxygen atoms in total. The molecule has 2 heterocycles. The standard InChI is InChI=1S/C16H15N9O2S/c1-10-7-11(2)20-16(19-10)23-28(26,27)14-5-3-13(4-6-14)18-9-12(8-17)15-21-24-25-22-15/h3-7,9,18H,1-2H3,(H,19,20,23)(H,21,22,24,25). The highest BCUT2D eigenvalue weighted by atomic mass is 32.2. The maximum atomic E-state index is 12.5. The molecule has 0 atom stereocenters. The number of allylic oxidation sites excluding steroid dienone is 1. The number of benzene rings is 1. The van der Waals surface area contributed by atoms with Gasteiger partial charge in [-0.05, 0) is 49.4 Å². The summed E-state index contributed by atoms with van der Waals surface area (Å²) in [6.45, 7) is 3.51. The van der Waals surface area contributed by atoms with E-state index in [0.717, 1.165) is 0 Å². The Labute approximate surface area is 160 Å². The van der Waals surface area contributed by atoms with Crippen molar-refractivity contribution >= 4 is 27.2 Å². The van der Waals surface area contributed by atoms with Crippen LogP contribution in [0.1, 0.15) is 17.2 Å². The number of anilines is 2. The van der Waals surface area contributed by atoms with Crippen molar-refractivity contribution in [2.75, 3.05) is 10.0 Å². The number of aromatic amines is 1. The Bertz CT molecular complexity index is 1130. The van der Waals surface area contributed by atoms with Crippen LogP contribution in [-0.2, 0) is 10.0 Å². The van der Waals surface area contributed by atoms with Gasteiger partial charge in [0.25, 0.3) is 10.0 Å². The van der Waals surface area contributed by atoms with Gasteiger partial charge >= 0.3 is 0 Å². The van der Waals surface area contributed by atoms with Gasteiger partial charge in [0.15, 0.2) is 0 Å². The normalized spacial score (nSPS) is 11.7. The number of sulfonamides is 1. The van der Waals surface area contributed by atoms with Gasteiger partial charge in [0, 0.05) is 23.3 Å². The first-order valence-corrected chi connectivity index (χ1v) is 9.41. The molecule has 0 amide bonds. The molecule has 28 heavy (non-hydrogen) atoms. The van der Waals surface area contributed by atoms with E-state index in [-0.39, 0.29) is 22.2 Å². The van der Waals surface area contributed by atoms with Crippen molar-refractivity contribution in [2.24, 2.45) is 0 Å². The molecule has 3 N–H and O–H groups in total. The van der Waals surface area contributed by atoms with Crippen molar-refractivity contribution < 1.29 is 8.42 Å². The molecule has 0 bridgehead atoms. The minimum Gasteiger partial charge on any atom is -0.360 e. The second-order valence-corrected chi connectivity index (χ2v) is 7.34. The number of nitrogens with one attached hydrogen (secondary N) is 3. The monoisotopic (exact) mass is 397 g/mol. The Morgan fingerprint density at radius 1 is 1.18 bits per heavy atom. The molecule has 0 fully saturated rings. The second kappa shape index (κ2) is 7.80. The van der Waals surface area contributed by atoms with Crippen LogP contribution in [0.25, 0.3) is 5.57 Å². The van der Waals surface area contributed by atoms with Crippen LogP contribution in [0.5, 0.6) is 0 Å². The Morgan fingerprint density at radius 3 is 2.43 bits per heavy atom. The number of hydrogen-bond donors (Lipinski definition) is 3. The summed E-state index contributed by atoms with van der Waals surface area (Å²) >= 11 is 0. The number of H-pyrrole nitrogens is 1. The smallest absolute Gasteiger partial charge is 0.264 e. The SMILES string of the molecule is Cc1cc(C)nc(NS(=O)(=O)c2ccc(NC=C(C#N)c3nn[nH]n3)cc2)n1. The van der Waals surface area contributed by atoms with Gasteiger partial charge in [0.2, 0.25) is 11.8 Å². The summed E-state index contributed by atoms with van der Waals surface area (Å²) in [6.07, 6.45) is 1.40. The predicted molar refractivity (Wildman–Crippen MR) is 100 cm³/mol. The first-order chi connectivity index (χ1) is 13.4. The lowest BCUT2D eigenvalue weighted by Gasteiger charge is -2.09. The van der Waals surface area contributed by atoms with Crippen molar-refractivity contribution in [3.63, 3.8) is 0 Å². The lowest BCUT2D eigenvalue weighted by molar-refractivity contribution is 0.601. The van der Waals surface area contributed by atoms with Gasteiger partial charge in [0.05, 0.1) is 4.90 Å². The summed E-state index contributed by atoms with van der Waals surface area (Å²) in [5, 5.41) is 25.1. The average Bonchev–Trinajstić information content (AvgIpc) is 3.16. The molecule has 2 aromatic heterocycles. The quantitative estimate of drug-likeness (QED) is 0.521. The molecule has 3 aromatic rings. The van der Waals surface area contributed by atoms with Crippen molar-refractivity contribution in [3.05, 3.63) is 53.7 Å². The average molecular weight is 397 g/mol. The second-order valence-electron chi connectivity index (χ2n) is 5.65. The highest BCUT2D eigenvalue weighted by Crippen LogP contribution is 2.18. The van der Waals surface area contributed by atoms with E-state index in [1.807, 2.05) is 6.07 Å².